The molecular weight excluding hydrogens is 430 g/mol. The first-order chi connectivity index (χ1) is 15.8. The molecule has 7 heteroatoms. The minimum absolute atomic E-state index is 0.0170. The SMILES string of the molecule is [C-]#[N+]c1ccc(Nc2cccc(-c3csc(NC(=O)c4ccc(C(C)(C)C)cn4)n3)c2)cc1. The van der Waals surface area contributed by atoms with Crippen molar-refractivity contribution in [3.8, 4) is 11.3 Å². The molecule has 0 saturated carbocycles. The quantitative estimate of drug-likeness (QED) is 0.318. The Hall–Kier alpha value is -4.02. The van der Waals surface area contributed by atoms with Crippen LogP contribution in [0.3, 0.4) is 0 Å². The predicted octanol–water partition coefficient (Wildman–Crippen LogP) is 7.05. The lowest BCUT2D eigenvalue weighted by Gasteiger charge is -2.18. The van der Waals surface area contributed by atoms with Crippen LogP contribution in [-0.2, 0) is 5.41 Å². The maximum absolute atomic E-state index is 12.6. The smallest absolute Gasteiger partial charge is 0.276 e. The van der Waals surface area contributed by atoms with E-state index >= 15 is 0 Å². The van der Waals surface area contributed by atoms with Crippen LogP contribution >= 0.6 is 11.3 Å². The fraction of sp³-hybridized carbons (Fsp3) is 0.154. The Labute approximate surface area is 197 Å². The van der Waals surface area contributed by atoms with Crippen LogP contribution in [0.4, 0.5) is 22.2 Å². The first-order valence-corrected chi connectivity index (χ1v) is 11.3. The van der Waals surface area contributed by atoms with Crippen LogP contribution in [-0.4, -0.2) is 15.9 Å². The van der Waals surface area contributed by atoms with Gasteiger partial charge in [-0.3, -0.25) is 15.1 Å². The molecule has 2 aromatic heterocycles. The third-order valence-corrected chi connectivity index (χ3v) is 5.79. The largest absolute Gasteiger partial charge is 0.356 e. The second-order valence-corrected chi connectivity index (χ2v) is 9.40. The fourth-order valence-electron chi connectivity index (χ4n) is 3.14. The van der Waals surface area contributed by atoms with Crippen LogP contribution in [0.1, 0.15) is 36.8 Å². The zero-order chi connectivity index (χ0) is 23.4. The van der Waals surface area contributed by atoms with E-state index in [-0.39, 0.29) is 11.3 Å². The second-order valence-electron chi connectivity index (χ2n) is 8.54. The summed E-state index contributed by atoms with van der Waals surface area (Å²) in [7, 11) is 0. The number of anilines is 3. The van der Waals surface area contributed by atoms with Gasteiger partial charge in [0.15, 0.2) is 10.8 Å². The molecule has 0 bridgehead atoms. The predicted molar refractivity (Wildman–Crippen MR) is 134 cm³/mol. The van der Waals surface area contributed by atoms with Gasteiger partial charge in [-0.1, -0.05) is 51.1 Å². The van der Waals surface area contributed by atoms with Gasteiger partial charge < -0.3 is 5.32 Å². The number of hydrogen-bond acceptors (Lipinski definition) is 5. The summed E-state index contributed by atoms with van der Waals surface area (Å²) in [6.07, 6.45) is 1.75. The molecule has 6 nitrogen and oxygen atoms in total. The lowest BCUT2D eigenvalue weighted by atomic mass is 9.88. The zero-order valence-corrected chi connectivity index (χ0v) is 19.4. The van der Waals surface area contributed by atoms with Crippen molar-refractivity contribution in [1.82, 2.24) is 9.97 Å². The maximum Gasteiger partial charge on any atom is 0.276 e. The highest BCUT2D eigenvalue weighted by Crippen LogP contribution is 2.29. The molecule has 0 saturated heterocycles. The number of amides is 1. The number of thiazole rings is 1. The lowest BCUT2D eigenvalue weighted by Crippen LogP contribution is -2.16. The fourth-order valence-corrected chi connectivity index (χ4v) is 3.85. The minimum Gasteiger partial charge on any atom is -0.356 e. The average molecular weight is 454 g/mol. The maximum atomic E-state index is 12.6. The number of aromatic nitrogens is 2. The van der Waals surface area contributed by atoms with Crippen molar-refractivity contribution in [2.24, 2.45) is 0 Å². The molecule has 2 N–H and O–H groups in total. The molecule has 0 radical (unpaired) electrons. The van der Waals surface area contributed by atoms with Crippen LogP contribution in [0.15, 0.2) is 72.2 Å². The molecule has 2 aromatic carbocycles. The second kappa shape index (κ2) is 9.23. The average Bonchev–Trinajstić information content (AvgIpc) is 3.28. The number of nitrogens with one attached hydrogen (secondary N) is 2. The number of benzene rings is 2. The Morgan fingerprint density at radius 1 is 1.03 bits per heavy atom. The topological polar surface area (TPSA) is 71.3 Å². The van der Waals surface area contributed by atoms with Crippen molar-refractivity contribution in [1.29, 1.82) is 0 Å². The van der Waals surface area contributed by atoms with Crippen molar-refractivity contribution >= 4 is 39.4 Å². The van der Waals surface area contributed by atoms with Crippen molar-refractivity contribution in [3.05, 3.63) is 94.9 Å². The molecule has 33 heavy (non-hydrogen) atoms. The Morgan fingerprint density at radius 3 is 2.48 bits per heavy atom. The third-order valence-electron chi connectivity index (χ3n) is 5.03. The molecule has 1 amide bonds. The standard InChI is InChI=1S/C26H23N5OS/c1-26(2,3)18-8-13-22(28-15-18)24(32)31-25-30-23(16-33-25)17-6-5-7-21(14-17)29-20-11-9-19(27-4)10-12-20/h5-16,29H,1-3H3,(H,30,31,32). The number of carbonyl (C=O) groups is 1. The highest BCUT2D eigenvalue weighted by atomic mass is 32.1. The number of nitrogens with zero attached hydrogens (tertiary/aromatic N) is 3. The normalized spacial score (nSPS) is 11.0. The van der Waals surface area contributed by atoms with Crippen molar-refractivity contribution in [2.45, 2.75) is 26.2 Å². The first-order valence-electron chi connectivity index (χ1n) is 10.4. The van der Waals surface area contributed by atoms with Crippen molar-refractivity contribution in [2.75, 3.05) is 10.6 Å². The van der Waals surface area contributed by atoms with E-state index in [1.54, 1.807) is 24.4 Å². The molecule has 0 unspecified atom stereocenters. The molecule has 0 fully saturated rings. The Morgan fingerprint density at radius 2 is 1.82 bits per heavy atom. The van der Waals surface area contributed by atoms with Crippen LogP contribution in [0.2, 0.25) is 0 Å². The van der Waals surface area contributed by atoms with E-state index in [1.807, 2.05) is 47.8 Å². The van der Waals surface area contributed by atoms with Crippen LogP contribution in [0.5, 0.6) is 0 Å². The van der Waals surface area contributed by atoms with Crippen molar-refractivity contribution < 1.29 is 4.79 Å². The van der Waals surface area contributed by atoms with E-state index in [2.05, 4.69) is 46.2 Å². The lowest BCUT2D eigenvalue weighted by molar-refractivity contribution is 0.102. The summed E-state index contributed by atoms with van der Waals surface area (Å²) in [6, 6.07) is 18.9. The third kappa shape index (κ3) is 5.43. The van der Waals surface area contributed by atoms with E-state index in [4.69, 9.17) is 6.57 Å². The summed E-state index contributed by atoms with van der Waals surface area (Å²) < 4.78 is 0. The zero-order valence-electron chi connectivity index (χ0n) is 18.6. The van der Waals surface area contributed by atoms with E-state index < -0.39 is 0 Å². The van der Waals surface area contributed by atoms with Crippen LogP contribution < -0.4 is 10.6 Å². The molecule has 4 aromatic rings. The first kappa shape index (κ1) is 22.2. The van der Waals surface area contributed by atoms with Gasteiger partial charge in [-0.15, -0.1) is 11.3 Å². The highest BCUT2D eigenvalue weighted by Gasteiger charge is 2.16. The molecular formula is C26H23N5OS. The Bertz CT molecular complexity index is 1310. The summed E-state index contributed by atoms with van der Waals surface area (Å²) in [4.78, 5) is 24.9. The molecule has 2 heterocycles. The summed E-state index contributed by atoms with van der Waals surface area (Å²) in [5, 5.41) is 8.60. The summed E-state index contributed by atoms with van der Waals surface area (Å²) in [6.45, 7) is 13.4. The summed E-state index contributed by atoms with van der Waals surface area (Å²) >= 11 is 1.37. The molecule has 0 spiro atoms. The monoisotopic (exact) mass is 453 g/mol. The van der Waals surface area contributed by atoms with Gasteiger partial charge in [0.05, 0.1) is 12.3 Å². The molecule has 164 valence electrons. The Kier molecular flexibility index (Phi) is 6.20. The summed E-state index contributed by atoms with van der Waals surface area (Å²) in [5.41, 5.74) is 5.53. The van der Waals surface area contributed by atoms with E-state index in [0.717, 1.165) is 28.2 Å². The minimum atomic E-state index is -0.283. The number of hydrogen-bond donors (Lipinski definition) is 2. The number of rotatable bonds is 5. The molecule has 0 aliphatic carbocycles. The van der Waals surface area contributed by atoms with Gasteiger partial charge >= 0.3 is 0 Å². The number of carbonyl (C=O) groups excluding carboxylic acids is 1. The van der Waals surface area contributed by atoms with Gasteiger partial charge in [0, 0.05) is 28.5 Å². The molecule has 0 aliphatic rings. The van der Waals surface area contributed by atoms with Gasteiger partial charge in [-0.05, 0) is 41.3 Å². The Balaban J connectivity index is 1.45. The van der Waals surface area contributed by atoms with Crippen LogP contribution in [0.25, 0.3) is 16.1 Å². The molecule has 0 atom stereocenters. The number of pyridine rings is 1. The van der Waals surface area contributed by atoms with Crippen LogP contribution in [0, 0.1) is 6.57 Å². The van der Waals surface area contributed by atoms with Crippen molar-refractivity contribution in [3.63, 3.8) is 0 Å². The van der Waals surface area contributed by atoms with Gasteiger partial charge in [-0.2, -0.15) is 0 Å². The molecule has 0 aliphatic heterocycles. The highest BCUT2D eigenvalue weighted by molar-refractivity contribution is 7.14. The van der Waals surface area contributed by atoms with E-state index in [9.17, 15) is 4.79 Å². The van der Waals surface area contributed by atoms with Gasteiger partial charge in [0.2, 0.25) is 0 Å². The van der Waals surface area contributed by atoms with Gasteiger partial charge in [0.25, 0.3) is 5.91 Å². The van der Waals surface area contributed by atoms with Gasteiger partial charge in [-0.25, -0.2) is 9.83 Å². The van der Waals surface area contributed by atoms with Gasteiger partial charge in [0.1, 0.15) is 5.69 Å². The van der Waals surface area contributed by atoms with E-state index in [1.165, 1.54) is 11.3 Å². The summed E-state index contributed by atoms with van der Waals surface area (Å²) in [5.74, 6) is -0.283. The molecule has 4 rings (SSSR count). The van der Waals surface area contributed by atoms with E-state index in [0.29, 0.717) is 16.5 Å².